The molecule has 2 heterocycles. The summed E-state index contributed by atoms with van der Waals surface area (Å²) < 4.78 is 4.17. The van der Waals surface area contributed by atoms with Crippen molar-refractivity contribution in [2.75, 3.05) is 10.6 Å². The second-order valence-electron chi connectivity index (χ2n) is 5.71. The molecule has 2 amide bonds. The molecule has 2 rings (SSSR count). The Hall–Kier alpha value is -2.68. The molecule has 0 aliphatic heterocycles. The number of hydrogen-bond donors (Lipinski definition) is 4. The summed E-state index contributed by atoms with van der Waals surface area (Å²) in [5.41, 5.74) is 12.7. The van der Waals surface area contributed by atoms with Crippen LogP contribution in [-0.2, 0) is 4.79 Å². The number of nitrogens with one attached hydrogen (secondary N) is 2. The predicted molar refractivity (Wildman–Crippen MR) is 94.3 cm³/mol. The van der Waals surface area contributed by atoms with Gasteiger partial charge in [-0.1, -0.05) is 13.8 Å². The molecule has 1 unspecified atom stereocenters. The lowest BCUT2D eigenvalue weighted by Crippen LogP contribution is -2.39. The van der Waals surface area contributed by atoms with Crippen molar-refractivity contribution in [1.82, 2.24) is 9.36 Å². The minimum Gasteiger partial charge on any atom is -0.372 e. The van der Waals surface area contributed by atoms with Gasteiger partial charge >= 0.3 is 0 Å². The van der Waals surface area contributed by atoms with Gasteiger partial charge in [0, 0.05) is 0 Å². The van der Waals surface area contributed by atoms with Gasteiger partial charge in [-0.2, -0.15) is 4.37 Å². The molecule has 0 spiro atoms. The fourth-order valence-corrected chi connectivity index (χ4v) is 2.81. The number of rotatable bonds is 7. The van der Waals surface area contributed by atoms with Gasteiger partial charge in [0.05, 0.1) is 23.3 Å². The first-order chi connectivity index (χ1) is 11.3. The predicted octanol–water partition coefficient (Wildman–Crippen LogP) is 1.61. The van der Waals surface area contributed by atoms with E-state index in [1.165, 1.54) is 17.7 Å². The summed E-state index contributed by atoms with van der Waals surface area (Å²) in [4.78, 5) is 27.2. The summed E-state index contributed by atoms with van der Waals surface area (Å²) in [6, 6.07) is 2.96. The molecule has 0 aromatic carbocycles. The van der Waals surface area contributed by atoms with Crippen molar-refractivity contribution in [2.24, 2.45) is 17.4 Å². The van der Waals surface area contributed by atoms with Crippen LogP contribution in [0.1, 0.15) is 30.0 Å². The minimum atomic E-state index is -0.652. The molecule has 9 heteroatoms. The molecule has 0 saturated heterocycles. The van der Waals surface area contributed by atoms with Crippen molar-refractivity contribution in [3.63, 3.8) is 0 Å². The van der Waals surface area contributed by atoms with Crippen molar-refractivity contribution < 1.29 is 9.59 Å². The van der Waals surface area contributed by atoms with E-state index in [0.29, 0.717) is 11.4 Å². The lowest BCUT2D eigenvalue weighted by Gasteiger charge is -2.20. The number of amides is 2. The summed E-state index contributed by atoms with van der Waals surface area (Å²) in [7, 11) is 0. The van der Waals surface area contributed by atoms with Gasteiger partial charge in [0.15, 0.2) is 5.69 Å². The Morgan fingerprint density at radius 2 is 1.96 bits per heavy atom. The van der Waals surface area contributed by atoms with Crippen LogP contribution < -0.4 is 22.1 Å². The number of carbonyl (C=O) groups is 2. The first-order valence-electron chi connectivity index (χ1n) is 7.34. The lowest BCUT2D eigenvalue weighted by molar-refractivity contribution is -0.119. The summed E-state index contributed by atoms with van der Waals surface area (Å²) in [6.45, 7) is 5.63. The Balaban J connectivity index is 2.33. The van der Waals surface area contributed by atoms with Crippen LogP contribution in [0.3, 0.4) is 0 Å². The fraction of sp³-hybridized carbons (Fsp3) is 0.333. The van der Waals surface area contributed by atoms with Crippen LogP contribution >= 0.6 is 11.5 Å². The molecule has 2 aromatic heterocycles. The Labute approximate surface area is 143 Å². The van der Waals surface area contributed by atoms with Crippen LogP contribution in [0.25, 0.3) is 0 Å². The van der Waals surface area contributed by atoms with Gasteiger partial charge in [-0.05, 0) is 36.5 Å². The molecule has 128 valence electrons. The number of aryl methyl sites for hydroxylation is 1. The number of hydrogen-bond acceptors (Lipinski definition) is 7. The maximum absolute atomic E-state index is 11.6. The molecule has 24 heavy (non-hydrogen) atoms. The lowest BCUT2D eigenvalue weighted by atomic mass is 10.0. The van der Waals surface area contributed by atoms with Gasteiger partial charge in [-0.25, -0.2) is 4.98 Å². The van der Waals surface area contributed by atoms with Gasteiger partial charge in [-0.3, -0.25) is 9.59 Å². The van der Waals surface area contributed by atoms with Crippen LogP contribution in [-0.4, -0.2) is 27.2 Å². The van der Waals surface area contributed by atoms with Crippen LogP contribution in [0.4, 0.5) is 16.4 Å². The molecule has 2 aromatic rings. The number of primary amides is 2. The van der Waals surface area contributed by atoms with E-state index in [2.05, 4.69) is 20.0 Å². The van der Waals surface area contributed by atoms with E-state index in [1.807, 2.05) is 26.8 Å². The molecular weight excluding hydrogens is 328 g/mol. The minimum absolute atomic E-state index is 0.00104. The second-order valence-corrected chi connectivity index (χ2v) is 6.52. The van der Waals surface area contributed by atoms with Crippen LogP contribution in [0.15, 0.2) is 18.3 Å². The van der Waals surface area contributed by atoms with E-state index in [4.69, 9.17) is 11.5 Å². The van der Waals surface area contributed by atoms with Crippen LogP contribution in [0.5, 0.6) is 0 Å². The summed E-state index contributed by atoms with van der Waals surface area (Å²) in [5, 5.41) is 6.87. The molecule has 0 bridgehead atoms. The number of nitrogens with two attached hydrogens (primary N) is 2. The summed E-state index contributed by atoms with van der Waals surface area (Å²) in [6.07, 6.45) is 1.45. The third-order valence-corrected chi connectivity index (χ3v) is 4.10. The van der Waals surface area contributed by atoms with Gasteiger partial charge in [0.1, 0.15) is 11.0 Å². The van der Waals surface area contributed by atoms with E-state index < -0.39 is 17.9 Å². The van der Waals surface area contributed by atoms with Gasteiger partial charge < -0.3 is 22.1 Å². The number of nitrogens with zero attached hydrogens (tertiary/aromatic N) is 2. The van der Waals surface area contributed by atoms with E-state index in [-0.39, 0.29) is 11.6 Å². The molecule has 8 nitrogen and oxygen atoms in total. The average molecular weight is 348 g/mol. The quantitative estimate of drug-likeness (QED) is 0.600. The highest BCUT2D eigenvalue weighted by atomic mass is 32.1. The molecule has 1 atom stereocenters. The largest absolute Gasteiger partial charge is 0.372 e. The molecular formula is C15H20N6O2S. The topological polar surface area (TPSA) is 136 Å². The number of aromatic nitrogens is 2. The molecule has 0 aliphatic rings. The fourth-order valence-electron chi connectivity index (χ4n) is 2.14. The number of carbonyl (C=O) groups excluding carboxylic acids is 2. The third kappa shape index (κ3) is 4.19. The van der Waals surface area contributed by atoms with Gasteiger partial charge in [0.25, 0.3) is 5.91 Å². The Kier molecular flexibility index (Phi) is 5.35. The van der Waals surface area contributed by atoms with E-state index in [0.717, 1.165) is 10.7 Å². The average Bonchev–Trinajstić information content (AvgIpc) is 2.89. The Bertz CT molecular complexity index is 758. The monoisotopic (exact) mass is 348 g/mol. The van der Waals surface area contributed by atoms with Crippen LogP contribution in [0, 0.1) is 12.8 Å². The molecule has 0 saturated carbocycles. The zero-order valence-electron chi connectivity index (χ0n) is 13.7. The zero-order chi connectivity index (χ0) is 17.9. The molecule has 0 fully saturated rings. The van der Waals surface area contributed by atoms with Crippen molar-refractivity contribution >= 4 is 39.7 Å². The normalized spacial score (nSPS) is 12.0. The summed E-state index contributed by atoms with van der Waals surface area (Å²) >= 11 is 1.26. The van der Waals surface area contributed by atoms with Gasteiger partial charge in [0.2, 0.25) is 5.91 Å². The van der Waals surface area contributed by atoms with Gasteiger partial charge in [-0.15, -0.1) is 0 Å². The van der Waals surface area contributed by atoms with Crippen LogP contribution in [0.2, 0.25) is 0 Å². The highest BCUT2D eigenvalue weighted by Crippen LogP contribution is 2.26. The number of anilines is 3. The Morgan fingerprint density at radius 1 is 1.25 bits per heavy atom. The van der Waals surface area contributed by atoms with Crippen molar-refractivity contribution in [3.8, 4) is 0 Å². The first kappa shape index (κ1) is 17.7. The maximum Gasteiger partial charge on any atom is 0.269 e. The smallest absolute Gasteiger partial charge is 0.269 e. The second kappa shape index (κ2) is 7.26. The SMILES string of the molecule is Cc1cc(Nc2cc(NC(C(N)=O)C(C)C)cnc2C(N)=O)sn1. The zero-order valence-corrected chi connectivity index (χ0v) is 14.5. The molecule has 0 aliphatic carbocycles. The van der Waals surface area contributed by atoms with Crippen molar-refractivity contribution in [3.05, 3.63) is 29.7 Å². The molecule has 0 radical (unpaired) electrons. The van der Waals surface area contributed by atoms with Crippen molar-refractivity contribution in [1.29, 1.82) is 0 Å². The first-order valence-corrected chi connectivity index (χ1v) is 8.11. The van der Waals surface area contributed by atoms with E-state index in [9.17, 15) is 9.59 Å². The molecule has 6 N–H and O–H groups in total. The summed E-state index contributed by atoms with van der Waals surface area (Å²) in [5.74, 6) is -1.11. The van der Waals surface area contributed by atoms with Crippen molar-refractivity contribution in [2.45, 2.75) is 26.8 Å². The third-order valence-electron chi connectivity index (χ3n) is 3.30. The number of pyridine rings is 1. The highest BCUT2D eigenvalue weighted by Gasteiger charge is 2.20. The highest BCUT2D eigenvalue weighted by molar-refractivity contribution is 7.10. The standard InChI is InChI=1S/C15H20N6O2S/c1-7(2)12(14(16)22)19-9-5-10(13(15(17)23)18-6-9)20-11-4-8(3)21-24-11/h4-7,12,19-20H,1-3H3,(H2,16,22)(H2,17,23). The van der Waals surface area contributed by atoms with E-state index in [1.54, 1.807) is 6.07 Å². The Morgan fingerprint density at radius 3 is 2.46 bits per heavy atom. The maximum atomic E-state index is 11.6. The van der Waals surface area contributed by atoms with E-state index >= 15 is 0 Å².